The number of carbonyl (C=O) groups excluding carboxylic acids is 1. The van der Waals surface area contributed by atoms with E-state index in [-0.39, 0.29) is 5.97 Å². The molecule has 96 valence electrons. The van der Waals surface area contributed by atoms with Crippen molar-refractivity contribution in [1.82, 2.24) is 0 Å². The summed E-state index contributed by atoms with van der Waals surface area (Å²) in [5.74, 6) is 0.428. The van der Waals surface area contributed by atoms with Crippen LogP contribution in [0.3, 0.4) is 0 Å². The third kappa shape index (κ3) is 5.21. The van der Waals surface area contributed by atoms with Crippen LogP contribution in [-0.4, -0.2) is 32.1 Å². The maximum atomic E-state index is 11.8. The van der Waals surface area contributed by atoms with Gasteiger partial charge >= 0.3 is 117 Å². The van der Waals surface area contributed by atoms with Gasteiger partial charge in [-0.1, -0.05) is 0 Å². The predicted octanol–water partition coefficient (Wildman–Crippen LogP) is 3.16. The molecular weight excluding hydrogens is 350 g/mol. The number of hydrogen-bond donors (Lipinski definition) is 0. The third-order valence-electron chi connectivity index (χ3n) is 1.88. The summed E-state index contributed by atoms with van der Waals surface area (Å²) in [4.78, 5) is 11.8. The Labute approximate surface area is 116 Å². The molecule has 0 radical (unpaired) electrons. The fraction of sp³-hybridized carbons (Fsp3) is 0.417. The minimum atomic E-state index is -1.85. The van der Waals surface area contributed by atoms with E-state index in [2.05, 4.69) is 22.6 Å². The van der Waals surface area contributed by atoms with Gasteiger partial charge in [0.2, 0.25) is 0 Å². The van der Waals surface area contributed by atoms with Crippen LogP contribution in [0.25, 0.3) is 0 Å². The van der Waals surface area contributed by atoms with Gasteiger partial charge in [-0.25, -0.2) is 0 Å². The molecule has 1 aromatic carbocycles. The van der Waals surface area contributed by atoms with E-state index in [1.165, 1.54) is 0 Å². The number of benzene rings is 1. The molecule has 0 saturated heterocycles. The summed E-state index contributed by atoms with van der Waals surface area (Å²) in [5, 5.41) is 0. The van der Waals surface area contributed by atoms with E-state index in [1.54, 1.807) is 6.92 Å². The van der Waals surface area contributed by atoms with Crippen LogP contribution in [0.15, 0.2) is 24.3 Å². The number of carbonyl (C=O) groups is 1. The van der Waals surface area contributed by atoms with Crippen molar-refractivity contribution in [3.05, 3.63) is 27.8 Å². The number of hydrogen-bond acceptors (Lipinski definition) is 3. The molecule has 17 heavy (non-hydrogen) atoms. The van der Waals surface area contributed by atoms with Crippen LogP contribution in [-0.2, 0) is 9.32 Å². The van der Waals surface area contributed by atoms with Crippen LogP contribution in [0.2, 0.25) is 0 Å². The standard InChI is InChI=1S/C12H18IO3P/c1-9(12(14)16-17(2,3)4)15-11-8-6-5-7-10(11)13/h5-9,17H,1-4H3/t9-/m0/s1. The third-order valence-corrected chi connectivity index (χ3v) is 3.58. The molecule has 0 aliphatic rings. The number of para-hydroxylation sites is 1. The summed E-state index contributed by atoms with van der Waals surface area (Å²) in [7, 11) is -1.85. The molecule has 0 bridgehead atoms. The van der Waals surface area contributed by atoms with Crippen molar-refractivity contribution in [2.75, 3.05) is 20.0 Å². The first-order valence-electron chi connectivity index (χ1n) is 5.43. The van der Waals surface area contributed by atoms with Crippen LogP contribution < -0.4 is 4.74 Å². The summed E-state index contributed by atoms with van der Waals surface area (Å²) in [6.45, 7) is 7.64. The molecule has 0 fully saturated rings. The molecular formula is C12H18IO3P. The van der Waals surface area contributed by atoms with E-state index in [1.807, 2.05) is 44.3 Å². The second-order valence-electron chi connectivity index (χ2n) is 4.72. The van der Waals surface area contributed by atoms with Gasteiger partial charge in [0, 0.05) is 0 Å². The van der Waals surface area contributed by atoms with Gasteiger partial charge in [-0.05, 0) is 0 Å². The van der Waals surface area contributed by atoms with Crippen molar-refractivity contribution in [3.8, 4) is 5.75 Å². The van der Waals surface area contributed by atoms with E-state index < -0.39 is 13.6 Å². The molecule has 0 N–H and O–H groups in total. The Morgan fingerprint density at radius 1 is 1.29 bits per heavy atom. The molecule has 0 saturated carbocycles. The normalized spacial score (nSPS) is 13.9. The van der Waals surface area contributed by atoms with E-state index in [0.29, 0.717) is 5.75 Å². The van der Waals surface area contributed by atoms with Crippen molar-refractivity contribution in [3.63, 3.8) is 0 Å². The molecule has 0 aromatic heterocycles. The van der Waals surface area contributed by atoms with Crippen molar-refractivity contribution in [1.29, 1.82) is 0 Å². The van der Waals surface area contributed by atoms with Crippen LogP contribution >= 0.6 is 30.1 Å². The Morgan fingerprint density at radius 2 is 1.88 bits per heavy atom. The van der Waals surface area contributed by atoms with E-state index in [9.17, 15) is 4.79 Å². The Morgan fingerprint density at radius 3 is 2.41 bits per heavy atom. The van der Waals surface area contributed by atoms with E-state index in [4.69, 9.17) is 9.26 Å². The van der Waals surface area contributed by atoms with E-state index >= 15 is 0 Å². The van der Waals surface area contributed by atoms with Gasteiger partial charge in [-0.3, -0.25) is 0 Å². The number of ether oxygens (including phenoxy) is 1. The Hall–Kier alpha value is -0.350. The molecule has 5 heteroatoms. The Balaban J connectivity index is 2.64. The molecule has 0 aliphatic heterocycles. The van der Waals surface area contributed by atoms with Gasteiger partial charge in [0.25, 0.3) is 0 Å². The first kappa shape index (κ1) is 14.7. The van der Waals surface area contributed by atoms with Crippen molar-refractivity contribution >= 4 is 36.0 Å². The average Bonchev–Trinajstić information content (AvgIpc) is 2.18. The summed E-state index contributed by atoms with van der Waals surface area (Å²) in [6.07, 6.45) is -0.572. The van der Waals surface area contributed by atoms with Crippen molar-refractivity contribution in [2.24, 2.45) is 0 Å². The fourth-order valence-corrected chi connectivity index (χ4v) is 2.45. The molecule has 0 spiro atoms. The molecule has 0 unspecified atom stereocenters. The van der Waals surface area contributed by atoms with Crippen LogP contribution in [0.5, 0.6) is 5.75 Å². The van der Waals surface area contributed by atoms with Crippen LogP contribution in [0, 0.1) is 3.57 Å². The van der Waals surface area contributed by atoms with Gasteiger partial charge in [0.15, 0.2) is 0 Å². The van der Waals surface area contributed by atoms with Crippen molar-refractivity contribution < 1.29 is 14.1 Å². The topological polar surface area (TPSA) is 35.5 Å². The monoisotopic (exact) mass is 368 g/mol. The zero-order valence-electron chi connectivity index (χ0n) is 10.5. The zero-order valence-corrected chi connectivity index (χ0v) is 13.6. The fourth-order valence-electron chi connectivity index (χ4n) is 1.16. The summed E-state index contributed by atoms with van der Waals surface area (Å²) < 4.78 is 12.0. The molecule has 3 nitrogen and oxygen atoms in total. The molecule has 1 rings (SSSR count). The number of halogens is 1. The predicted molar refractivity (Wildman–Crippen MR) is 81.4 cm³/mol. The quantitative estimate of drug-likeness (QED) is 0.605. The summed E-state index contributed by atoms with van der Waals surface area (Å²) in [5.41, 5.74) is 0. The SMILES string of the molecule is C[C@H](Oc1ccccc1I)C(=O)O[PH](C)(C)C. The van der Waals surface area contributed by atoms with Gasteiger partial charge in [-0.15, -0.1) is 0 Å². The second-order valence-corrected chi connectivity index (χ2v) is 10.3. The van der Waals surface area contributed by atoms with Crippen LogP contribution in [0.1, 0.15) is 6.92 Å². The molecule has 0 amide bonds. The van der Waals surface area contributed by atoms with Gasteiger partial charge in [0.05, 0.1) is 0 Å². The second kappa shape index (κ2) is 6.01. The van der Waals surface area contributed by atoms with Crippen molar-refractivity contribution in [2.45, 2.75) is 13.0 Å². The zero-order chi connectivity index (χ0) is 13.1. The average molecular weight is 368 g/mol. The number of rotatable bonds is 4. The minimum absolute atomic E-state index is 0.288. The Bertz CT molecular complexity index is 401. The summed E-state index contributed by atoms with van der Waals surface area (Å²) >= 11 is 2.18. The van der Waals surface area contributed by atoms with E-state index in [0.717, 1.165) is 3.57 Å². The maximum absolute atomic E-state index is 11.8. The van der Waals surface area contributed by atoms with Gasteiger partial charge < -0.3 is 0 Å². The molecule has 0 heterocycles. The first-order chi connectivity index (χ1) is 7.79. The summed E-state index contributed by atoms with van der Waals surface area (Å²) in [6, 6.07) is 7.60. The van der Waals surface area contributed by atoms with Gasteiger partial charge in [0.1, 0.15) is 0 Å². The molecule has 0 aliphatic carbocycles. The first-order valence-corrected chi connectivity index (χ1v) is 9.92. The molecule has 1 atom stereocenters. The Kier molecular flexibility index (Phi) is 5.20. The van der Waals surface area contributed by atoms with Crippen LogP contribution in [0.4, 0.5) is 0 Å². The van der Waals surface area contributed by atoms with Gasteiger partial charge in [-0.2, -0.15) is 0 Å². The molecule has 1 aromatic rings.